The molecule has 0 atom stereocenters. The number of nitro benzene ring substituents is 1. The van der Waals surface area contributed by atoms with Crippen LogP contribution in [0.3, 0.4) is 0 Å². The number of non-ortho nitro benzene ring substituents is 1. The largest absolute Gasteiger partial charge is 0.445 e. The van der Waals surface area contributed by atoms with E-state index in [4.69, 9.17) is 4.74 Å². The van der Waals surface area contributed by atoms with Crippen LogP contribution in [0, 0.1) is 10.1 Å². The molecule has 3 rings (SSSR count). The number of aromatic nitrogens is 1. The number of nitrogens with one attached hydrogen (secondary N) is 1. The van der Waals surface area contributed by atoms with E-state index in [1.807, 2.05) is 42.5 Å². The molecule has 0 aliphatic rings. The molecule has 0 fully saturated rings. The average Bonchev–Trinajstić information content (AvgIpc) is 2.72. The van der Waals surface area contributed by atoms with Crippen LogP contribution in [0.15, 0.2) is 67.0 Å². The second-order valence-electron chi connectivity index (χ2n) is 6.03. The Morgan fingerprint density at radius 1 is 1.14 bits per heavy atom. The lowest BCUT2D eigenvalue weighted by Gasteiger charge is -2.06. The molecular weight excluding hydrogens is 358 g/mol. The molecule has 0 unspecified atom stereocenters. The van der Waals surface area contributed by atoms with Crippen LogP contribution in [0.1, 0.15) is 17.5 Å². The van der Waals surface area contributed by atoms with Gasteiger partial charge in [0.2, 0.25) is 0 Å². The summed E-state index contributed by atoms with van der Waals surface area (Å²) in [6, 6.07) is 14.4. The van der Waals surface area contributed by atoms with Gasteiger partial charge in [-0.25, -0.2) is 4.79 Å². The standard InChI is InChI=1S/C21H19N3O4/c25-21(28-15-16-6-2-1-3-7-16)23-12-5-4-8-17-9-10-20(24(26)27)19-14-22-13-11-18(17)19/h1-4,6-11,13-14H,5,12,15H2,(H,23,25). The van der Waals surface area contributed by atoms with Crippen molar-refractivity contribution in [3.8, 4) is 0 Å². The number of nitrogens with zero attached hydrogens (tertiary/aromatic N) is 2. The zero-order valence-corrected chi connectivity index (χ0v) is 15.1. The van der Waals surface area contributed by atoms with Gasteiger partial charge in [0.25, 0.3) is 5.69 Å². The Kier molecular flexibility index (Phi) is 6.30. The first kappa shape index (κ1) is 19.0. The van der Waals surface area contributed by atoms with E-state index in [2.05, 4.69) is 10.3 Å². The highest BCUT2D eigenvalue weighted by Crippen LogP contribution is 2.28. The van der Waals surface area contributed by atoms with Gasteiger partial charge in [-0.3, -0.25) is 15.1 Å². The van der Waals surface area contributed by atoms with Crippen LogP contribution in [0.4, 0.5) is 10.5 Å². The molecule has 1 amide bonds. The zero-order valence-electron chi connectivity index (χ0n) is 15.1. The molecule has 142 valence electrons. The molecule has 1 heterocycles. The fourth-order valence-electron chi connectivity index (χ4n) is 2.75. The van der Waals surface area contributed by atoms with Gasteiger partial charge in [0, 0.05) is 25.0 Å². The fourth-order valence-corrected chi connectivity index (χ4v) is 2.75. The van der Waals surface area contributed by atoms with Gasteiger partial charge in [-0.2, -0.15) is 0 Å². The maximum absolute atomic E-state index is 11.7. The summed E-state index contributed by atoms with van der Waals surface area (Å²) >= 11 is 0. The fraction of sp³-hybridized carbons (Fsp3) is 0.143. The predicted molar refractivity (Wildman–Crippen MR) is 107 cm³/mol. The van der Waals surface area contributed by atoms with Crippen molar-refractivity contribution in [2.24, 2.45) is 0 Å². The van der Waals surface area contributed by atoms with Crippen LogP contribution < -0.4 is 5.32 Å². The third-order valence-electron chi connectivity index (χ3n) is 4.12. The average molecular weight is 377 g/mol. The molecule has 0 aliphatic carbocycles. The number of rotatable bonds is 7. The number of ether oxygens (including phenoxy) is 1. The number of benzene rings is 2. The van der Waals surface area contributed by atoms with Gasteiger partial charge in [0.15, 0.2) is 0 Å². The lowest BCUT2D eigenvalue weighted by molar-refractivity contribution is -0.383. The number of carbonyl (C=O) groups excluding carboxylic acids is 1. The Labute approximate surface area is 161 Å². The number of hydrogen-bond acceptors (Lipinski definition) is 5. The minimum absolute atomic E-state index is 0.0306. The molecule has 0 saturated heterocycles. The predicted octanol–water partition coefficient (Wildman–Crippen LogP) is 4.47. The first-order chi connectivity index (χ1) is 13.6. The Bertz CT molecular complexity index is 1000. The van der Waals surface area contributed by atoms with E-state index < -0.39 is 11.0 Å². The molecule has 0 saturated carbocycles. The van der Waals surface area contributed by atoms with Crippen LogP contribution >= 0.6 is 0 Å². The monoisotopic (exact) mass is 377 g/mol. The van der Waals surface area contributed by atoms with Crippen LogP contribution in [-0.4, -0.2) is 22.5 Å². The summed E-state index contributed by atoms with van der Waals surface area (Å²) < 4.78 is 5.14. The van der Waals surface area contributed by atoms with Crippen molar-refractivity contribution in [1.29, 1.82) is 0 Å². The van der Waals surface area contributed by atoms with Gasteiger partial charge in [-0.15, -0.1) is 0 Å². The smallest absolute Gasteiger partial charge is 0.407 e. The highest BCUT2D eigenvalue weighted by Gasteiger charge is 2.13. The van der Waals surface area contributed by atoms with E-state index in [-0.39, 0.29) is 12.3 Å². The molecule has 0 radical (unpaired) electrons. The summed E-state index contributed by atoms with van der Waals surface area (Å²) in [5.41, 5.74) is 1.81. The van der Waals surface area contributed by atoms with E-state index in [1.54, 1.807) is 18.3 Å². The Morgan fingerprint density at radius 3 is 2.75 bits per heavy atom. The Hall–Kier alpha value is -3.74. The number of alkyl carbamates (subject to hydrolysis) is 1. The first-order valence-corrected chi connectivity index (χ1v) is 8.77. The minimum atomic E-state index is -0.468. The van der Waals surface area contributed by atoms with Crippen molar-refractivity contribution in [2.75, 3.05) is 6.54 Å². The highest BCUT2D eigenvalue weighted by atomic mass is 16.6. The van der Waals surface area contributed by atoms with Crippen molar-refractivity contribution >= 4 is 28.6 Å². The number of fused-ring (bicyclic) bond motifs is 1. The third-order valence-corrected chi connectivity index (χ3v) is 4.12. The molecule has 0 spiro atoms. The first-order valence-electron chi connectivity index (χ1n) is 8.77. The van der Waals surface area contributed by atoms with E-state index >= 15 is 0 Å². The van der Waals surface area contributed by atoms with E-state index in [0.717, 1.165) is 16.5 Å². The van der Waals surface area contributed by atoms with Gasteiger partial charge in [-0.05, 0) is 35.1 Å². The molecular formula is C21H19N3O4. The summed E-state index contributed by atoms with van der Waals surface area (Å²) in [7, 11) is 0. The highest BCUT2D eigenvalue weighted by molar-refractivity contribution is 5.96. The Balaban J connectivity index is 1.52. The molecule has 1 N–H and O–H groups in total. The van der Waals surface area contributed by atoms with Gasteiger partial charge >= 0.3 is 6.09 Å². The lowest BCUT2D eigenvalue weighted by Crippen LogP contribution is -2.24. The van der Waals surface area contributed by atoms with Gasteiger partial charge < -0.3 is 10.1 Å². The van der Waals surface area contributed by atoms with E-state index in [1.165, 1.54) is 12.3 Å². The number of hydrogen-bond donors (Lipinski definition) is 1. The van der Waals surface area contributed by atoms with Gasteiger partial charge in [0.1, 0.15) is 6.61 Å². The number of amides is 1. The van der Waals surface area contributed by atoms with Crippen LogP contribution in [-0.2, 0) is 11.3 Å². The number of carbonyl (C=O) groups is 1. The second-order valence-corrected chi connectivity index (χ2v) is 6.03. The molecule has 3 aromatic rings. The maximum Gasteiger partial charge on any atom is 0.407 e. The van der Waals surface area contributed by atoms with Gasteiger partial charge in [-0.1, -0.05) is 42.5 Å². The van der Waals surface area contributed by atoms with Crippen LogP contribution in [0.5, 0.6) is 0 Å². The summed E-state index contributed by atoms with van der Waals surface area (Å²) in [6.45, 7) is 0.655. The molecule has 7 nitrogen and oxygen atoms in total. The van der Waals surface area contributed by atoms with Crippen molar-refractivity contribution in [2.45, 2.75) is 13.0 Å². The van der Waals surface area contributed by atoms with Crippen LogP contribution in [0.2, 0.25) is 0 Å². The third kappa shape index (κ3) is 4.91. The molecule has 28 heavy (non-hydrogen) atoms. The summed E-state index contributed by atoms with van der Waals surface area (Å²) in [4.78, 5) is 26.4. The molecule has 0 aliphatic heterocycles. The van der Waals surface area contributed by atoms with Crippen LogP contribution in [0.25, 0.3) is 16.8 Å². The van der Waals surface area contributed by atoms with Crippen molar-refractivity contribution in [1.82, 2.24) is 10.3 Å². The maximum atomic E-state index is 11.7. The van der Waals surface area contributed by atoms with Crippen molar-refractivity contribution in [3.63, 3.8) is 0 Å². The zero-order chi connectivity index (χ0) is 19.8. The van der Waals surface area contributed by atoms with E-state index in [0.29, 0.717) is 18.4 Å². The Morgan fingerprint density at radius 2 is 1.96 bits per heavy atom. The number of nitro groups is 1. The minimum Gasteiger partial charge on any atom is -0.445 e. The quantitative estimate of drug-likeness (QED) is 0.372. The molecule has 7 heteroatoms. The summed E-state index contributed by atoms with van der Waals surface area (Å²) in [6.07, 6.45) is 7.01. The summed E-state index contributed by atoms with van der Waals surface area (Å²) in [5, 5.41) is 15.1. The topological polar surface area (TPSA) is 94.4 Å². The molecule has 0 bridgehead atoms. The van der Waals surface area contributed by atoms with Gasteiger partial charge in [0.05, 0.1) is 10.3 Å². The van der Waals surface area contributed by atoms with Crippen molar-refractivity contribution in [3.05, 3.63) is 88.2 Å². The second kappa shape index (κ2) is 9.27. The lowest BCUT2D eigenvalue weighted by atomic mass is 10.0. The summed E-state index contributed by atoms with van der Waals surface area (Å²) in [5.74, 6) is 0. The van der Waals surface area contributed by atoms with Crippen molar-refractivity contribution < 1.29 is 14.5 Å². The SMILES string of the molecule is O=C(NCCC=Cc1ccc([N+](=O)[O-])c2cnccc12)OCc1ccccc1. The number of pyridine rings is 1. The molecule has 1 aromatic heterocycles. The van der Waals surface area contributed by atoms with E-state index in [9.17, 15) is 14.9 Å². The molecule has 2 aromatic carbocycles. The normalized spacial score (nSPS) is 10.9.